The van der Waals surface area contributed by atoms with Crippen LogP contribution < -0.4 is 10.1 Å². The van der Waals surface area contributed by atoms with Crippen molar-refractivity contribution in [3.8, 4) is 16.9 Å². The lowest BCUT2D eigenvalue weighted by molar-refractivity contribution is -0.111. The van der Waals surface area contributed by atoms with Crippen molar-refractivity contribution >= 4 is 45.9 Å². The van der Waals surface area contributed by atoms with Crippen molar-refractivity contribution in [1.29, 1.82) is 0 Å². The summed E-state index contributed by atoms with van der Waals surface area (Å²) in [4.78, 5) is 26.3. The lowest BCUT2D eigenvalue weighted by Gasteiger charge is -2.08. The Labute approximate surface area is 201 Å². The third kappa shape index (κ3) is 6.44. The van der Waals surface area contributed by atoms with Gasteiger partial charge in [0.1, 0.15) is 16.3 Å². The van der Waals surface area contributed by atoms with Crippen LogP contribution in [0.15, 0.2) is 54.6 Å². The molecule has 1 aromatic heterocycles. The van der Waals surface area contributed by atoms with Gasteiger partial charge in [-0.05, 0) is 55.3 Å². The van der Waals surface area contributed by atoms with E-state index in [4.69, 9.17) is 25.8 Å². The number of thiophene rings is 1. The number of ether oxygens (including phenoxy) is 3. The normalized spacial score (nSPS) is 10.9. The minimum atomic E-state index is -0.488. The number of esters is 1. The number of benzene rings is 2. The standard InChI is InChI=1S/C25H24ClNO5S/c1-4-31-25(29)23-22(18-8-10-19(26)11-9-18)16(2)33-24(23)27-21(28)14-7-17-5-12-20(13-6-17)32-15-30-3/h5-14H,4,15H2,1-3H3,(H,27,28)/b14-7+. The maximum atomic E-state index is 12.8. The topological polar surface area (TPSA) is 73.9 Å². The Morgan fingerprint density at radius 1 is 1.09 bits per heavy atom. The molecule has 0 atom stereocenters. The minimum absolute atomic E-state index is 0.165. The number of methoxy groups -OCH3 is 1. The van der Waals surface area contributed by atoms with E-state index in [0.29, 0.717) is 21.3 Å². The van der Waals surface area contributed by atoms with Crippen molar-refractivity contribution in [2.75, 3.05) is 25.8 Å². The zero-order valence-electron chi connectivity index (χ0n) is 18.5. The van der Waals surface area contributed by atoms with Gasteiger partial charge in [-0.25, -0.2) is 4.79 Å². The van der Waals surface area contributed by atoms with E-state index in [-0.39, 0.29) is 19.3 Å². The highest BCUT2D eigenvalue weighted by atomic mass is 35.5. The molecule has 0 unspecified atom stereocenters. The molecule has 0 saturated carbocycles. The van der Waals surface area contributed by atoms with E-state index >= 15 is 0 Å². The Bertz CT molecular complexity index is 1140. The fourth-order valence-electron chi connectivity index (χ4n) is 3.12. The molecule has 0 aliphatic carbocycles. The molecule has 0 radical (unpaired) electrons. The molecular weight excluding hydrogens is 462 g/mol. The Hall–Kier alpha value is -3.13. The number of hydrogen-bond donors (Lipinski definition) is 1. The molecule has 3 aromatic rings. The summed E-state index contributed by atoms with van der Waals surface area (Å²) in [6.07, 6.45) is 3.09. The van der Waals surface area contributed by atoms with Gasteiger partial charge in [0.15, 0.2) is 6.79 Å². The summed E-state index contributed by atoms with van der Waals surface area (Å²) in [6, 6.07) is 14.4. The van der Waals surface area contributed by atoms with Gasteiger partial charge in [-0.1, -0.05) is 35.9 Å². The first kappa shape index (κ1) is 24.5. The van der Waals surface area contributed by atoms with E-state index in [1.54, 1.807) is 44.4 Å². The Morgan fingerprint density at radius 2 is 1.79 bits per heavy atom. The molecule has 0 bridgehead atoms. The van der Waals surface area contributed by atoms with E-state index in [9.17, 15) is 9.59 Å². The fourth-order valence-corrected chi connectivity index (χ4v) is 4.32. The molecule has 0 saturated heterocycles. The Kier molecular flexibility index (Phi) is 8.65. The first-order valence-electron chi connectivity index (χ1n) is 10.2. The second kappa shape index (κ2) is 11.7. The number of hydrogen-bond acceptors (Lipinski definition) is 6. The summed E-state index contributed by atoms with van der Waals surface area (Å²) in [5.41, 5.74) is 2.71. The van der Waals surface area contributed by atoms with E-state index in [0.717, 1.165) is 21.6 Å². The van der Waals surface area contributed by atoms with E-state index in [1.165, 1.54) is 17.4 Å². The molecule has 2 aromatic carbocycles. The maximum Gasteiger partial charge on any atom is 0.341 e. The van der Waals surface area contributed by atoms with Gasteiger partial charge in [0.25, 0.3) is 0 Å². The molecule has 0 fully saturated rings. The number of carbonyl (C=O) groups is 2. The Morgan fingerprint density at radius 3 is 2.42 bits per heavy atom. The van der Waals surface area contributed by atoms with Gasteiger partial charge in [-0.3, -0.25) is 4.79 Å². The zero-order valence-corrected chi connectivity index (χ0v) is 20.1. The monoisotopic (exact) mass is 485 g/mol. The first-order valence-corrected chi connectivity index (χ1v) is 11.4. The second-order valence-corrected chi connectivity index (χ2v) is 8.57. The number of carbonyl (C=O) groups excluding carboxylic acids is 2. The van der Waals surface area contributed by atoms with Crippen LogP contribution in [0.1, 0.15) is 27.7 Å². The second-order valence-electron chi connectivity index (χ2n) is 6.91. The van der Waals surface area contributed by atoms with E-state index in [1.807, 2.05) is 31.2 Å². The molecule has 1 N–H and O–H groups in total. The minimum Gasteiger partial charge on any atom is -0.468 e. The zero-order chi connectivity index (χ0) is 23.8. The van der Waals surface area contributed by atoms with Crippen LogP contribution in [-0.2, 0) is 14.3 Å². The molecule has 6 nitrogen and oxygen atoms in total. The summed E-state index contributed by atoms with van der Waals surface area (Å²) in [6.45, 7) is 4.03. The van der Waals surface area contributed by atoms with Crippen LogP contribution in [-0.4, -0.2) is 32.4 Å². The number of anilines is 1. The predicted molar refractivity (Wildman–Crippen MR) is 132 cm³/mol. The van der Waals surface area contributed by atoms with Crippen molar-refractivity contribution in [1.82, 2.24) is 0 Å². The smallest absolute Gasteiger partial charge is 0.341 e. The van der Waals surface area contributed by atoms with Crippen LogP contribution in [0.25, 0.3) is 17.2 Å². The van der Waals surface area contributed by atoms with E-state index < -0.39 is 5.97 Å². The van der Waals surface area contributed by atoms with E-state index in [2.05, 4.69) is 5.32 Å². The maximum absolute atomic E-state index is 12.8. The Balaban J connectivity index is 1.82. The quantitative estimate of drug-likeness (QED) is 0.222. The number of nitrogens with one attached hydrogen (secondary N) is 1. The molecular formula is C25H24ClNO5S. The molecule has 0 aliphatic heterocycles. The van der Waals surface area contributed by atoms with Gasteiger partial charge >= 0.3 is 5.97 Å². The van der Waals surface area contributed by atoms with Gasteiger partial charge in [0.2, 0.25) is 5.91 Å². The lowest BCUT2D eigenvalue weighted by atomic mass is 10.0. The number of rotatable bonds is 9. The highest BCUT2D eigenvalue weighted by Gasteiger charge is 2.25. The van der Waals surface area contributed by atoms with Gasteiger partial charge in [-0.2, -0.15) is 0 Å². The number of amides is 1. The lowest BCUT2D eigenvalue weighted by Crippen LogP contribution is -2.12. The molecule has 3 rings (SSSR count). The van der Waals surface area contributed by atoms with Gasteiger partial charge in [0.05, 0.1) is 6.61 Å². The third-order valence-electron chi connectivity index (χ3n) is 4.58. The molecule has 33 heavy (non-hydrogen) atoms. The van der Waals surface area contributed by atoms with Crippen LogP contribution >= 0.6 is 22.9 Å². The van der Waals surface area contributed by atoms with Crippen LogP contribution in [0.2, 0.25) is 5.02 Å². The summed E-state index contributed by atoms with van der Waals surface area (Å²) in [5.74, 6) is -0.178. The van der Waals surface area contributed by atoms with Crippen LogP contribution in [0.4, 0.5) is 5.00 Å². The van der Waals surface area contributed by atoms with Crippen LogP contribution in [0, 0.1) is 6.92 Å². The molecule has 0 aliphatic rings. The van der Waals surface area contributed by atoms with Gasteiger partial charge in [0, 0.05) is 28.6 Å². The average Bonchev–Trinajstić information content (AvgIpc) is 3.13. The SMILES string of the molecule is CCOC(=O)c1c(NC(=O)/C=C/c2ccc(OCOC)cc2)sc(C)c1-c1ccc(Cl)cc1. The van der Waals surface area contributed by atoms with Crippen molar-refractivity contribution in [2.45, 2.75) is 13.8 Å². The van der Waals surface area contributed by atoms with Crippen LogP contribution in [0.3, 0.4) is 0 Å². The van der Waals surface area contributed by atoms with Crippen LogP contribution in [0.5, 0.6) is 5.75 Å². The molecule has 0 spiro atoms. The average molecular weight is 486 g/mol. The van der Waals surface area contributed by atoms with Crippen molar-refractivity contribution in [3.05, 3.63) is 75.6 Å². The largest absolute Gasteiger partial charge is 0.468 e. The molecule has 8 heteroatoms. The van der Waals surface area contributed by atoms with Crippen molar-refractivity contribution < 1.29 is 23.8 Å². The molecule has 1 amide bonds. The highest BCUT2D eigenvalue weighted by Crippen LogP contribution is 2.40. The predicted octanol–water partition coefficient (Wildman–Crippen LogP) is 6.19. The number of halogens is 1. The van der Waals surface area contributed by atoms with Gasteiger partial charge < -0.3 is 19.5 Å². The summed E-state index contributed by atoms with van der Waals surface area (Å²) in [5, 5.41) is 3.86. The van der Waals surface area contributed by atoms with Crippen molar-refractivity contribution in [3.63, 3.8) is 0 Å². The van der Waals surface area contributed by atoms with Gasteiger partial charge in [-0.15, -0.1) is 11.3 Å². The fraction of sp³-hybridized carbons (Fsp3) is 0.200. The summed E-state index contributed by atoms with van der Waals surface area (Å²) in [7, 11) is 1.55. The first-order chi connectivity index (χ1) is 15.9. The van der Waals surface area contributed by atoms with Crippen molar-refractivity contribution in [2.24, 2.45) is 0 Å². The molecule has 1 heterocycles. The third-order valence-corrected chi connectivity index (χ3v) is 5.86. The number of aryl methyl sites for hydroxylation is 1. The summed E-state index contributed by atoms with van der Waals surface area (Å²) >= 11 is 7.34. The highest BCUT2D eigenvalue weighted by molar-refractivity contribution is 7.17. The summed E-state index contributed by atoms with van der Waals surface area (Å²) < 4.78 is 15.5. The molecule has 172 valence electrons.